The van der Waals surface area contributed by atoms with E-state index in [2.05, 4.69) is 11.4 Å². The second-order valence-corrected chi connectivity index (χ2v) is 6.99. The molecule has 0 fully saturated rings. The van der Waals surface area contributed by atoms with Crippen molar-refractivity contribution in [1.29, 1.82) is 0 Å². The summed E-state index contributed by atoms with van der Waals surface area (Å²) < 4.78 is 10.9. The fraction of sp³-hybridized carbons (Fsp3) is 0.611. The molecule has 1 heterocycles. The number of ether oxygens (including phenoxy) is 2. The van der Waals surface area contributed by atoms with E-state index in [1.54, 1.807) is 12.0 Å². The molecule has 0 aliphatic carbocycles. The van der Waals surface area contributed by atoms with Crippen LogP contribution in [0.1, 0.15) is 37.5 Å². The van der Waals surface area contributed by atoms with Crippen molar-refractivity contribution < 1.29 is 19.4 Å². The minimum atomic E-state index is -0.489. The van der Waals surface area contributed by atoms with Gasteiger partial charge in [-0.3, -0.25) is 0 Å². The van der Waals surface area contributed by atoms with E-state index in [1.807, 2.05) is 26.8 Å². The van der Waals surface area contributed by atoms with Gasteiger partial charge in [-0.15, -0.1) is 0 Å². The molecule has 0 bridgehead atoms. The fourth-order valence-corrected chi connectivity index (χ4v) is 2.75. The van der Waals surface area contributed by atoms with Crippen LogP contribution in [0.5, 0.6) is 5.75 Å². The van der Waals surface area contributed by atoms with E-state index >= 15 is 0 Å². The molecule has 2 rings (SSSR count). The van der Waals surface area contributed by atoms with Crippen molar-refractivity contribution in [3.63, 3.8) is 0 Å². The van der Waals surface area contributed by atoms with E-state index in [0.29, 0.717) is 26.2 Å². The number of carbonyl (C=O) groups excluding carboxylic acids is 1. The van der Waals surface area contributed by atoms with Crippen molar-refractivity contribution in [1.82, 2.24) is 10.2 Å². The van der Waals surface area contributed by atoms with E-state index in [9.17, 15) is 4.79 Å². The Hall–Kier alpha value is -1.79. The first-order chi connectivity index (χ1) is 11.3. The molecule has 6 heteroatoms. The lowest BCUT2D eigenvalue weighted by Gasteiger charge is -2.31. The Morgan fingerprint density at radius 3 is 2.71 bits per heavy atom. The van der Waals surface area contributed by atoms with Gasteiger partial charge in [-0.05, 0) is 44.4 Å². The highest BCUT2D eigenvalue weighted by molar-refractivity contribution is 5.68. The molecule has 1 aliphatic heterocycles. The first kappa shape index (κ1) is 18.5. The van der Waals surface area contributed by atoms with E-state index in [4.69, 9.17) is 14.6 Å². The minimum absolute atomic E-state index is 0.109. The van der Waals surface area contributed by atoms with Crippen molar-refractivity contribution >= 4 is 6.09 Å². The summed E-state index contributed by atoms with van der Waals surface area (Å²) in [4.78, 5) is 14.0. The van der Waals surface area contributed by atoms with Crippen LogP contribution in [0.15, 0.2) is 12.1 Å². The molecule has 1 aliphatic rings. The molecule has 2 N–H and O–H groups in total. The van der Waals surface area contributed by atoms with Crippen LogP contribution in [-0.4, -0.2) is 48.5 Å². The van der Waals surface area contributed by atoms with Crippen molar-refractivity contribution in [2.45, 2.75) is 45.9 Å². The van der Waals surface area contributed by atoms with Crippen LogP contribution < -0.4 is 10.1 Å². The number of rotatable bonds is 5. The minimum Gasteiger partial charge on any atom is -0.496 e. The van der Waals surface area contributed by atoms with Crippen molar-refractivity contribution in [3.8, 4) is 5.75 Å². The van der Waals surface area contributed by atoms with Crippen LogP contribution in [0.3, 0.4) is 0 Å². The summed E-state index contributed by atoms with van der Waals surface area (Å²) >= 11 is 0. The molecular weight excluding hydrogens is 308 g/mol. The predicted octanol–water partition coefficient (Wildman–Crippen LogP) is 2.07. The molecule has 1 aromatic carbocycles. The average Bonchev–Trinajstić information content (AvgIpc) is 2.52. The standard InChI is InChI=1S/C18H28N2O4/c1-18(2,3)24-17(22)20-7-5-13-9-14(11-19-6-8-21)16(23-4)10-15(13)12-20/h9-10,19,21H,5-8,11-12H2,1-4H3. The number of amides is 1. The zero-order chi connectivity index (χ0) is 17.7. The summed E-state index contributed by atoms with van der Waals surface area (Å²) in [6.07, 6.45) is 0.520. The Labute approximate surface area is 143 Å². The number of aliphatic hydroxyl groups excluding tert-OH is 1. The molecule has 24 heavy (non-hydrogen) atoms. The summed E-state index contributed by atoms with van der Waals surface area (Å²) in [6.45, 7) is 8.10. The maximum Gasteiger partial charge on any atom is 0.410 e. The SMILES string of the molecule is COc1cc2c(cc1CNCCO)CCN(C(=O)OC(C)(C)C)C2. The van der Waals surface area contributed by atoms with Gasteiger partial charge in [-0.25, -0.2) is 4.79 Å². The normalized spacial score (nSPS) is 14.3. The third-order valence-electron chi connectivity index (χ3n) is 3.87. The van der Waals surface area contributed by atoms with Crippen LogP contribution in [-0.2, 0) is 24.2 Å². The van der Waals surface area contributed by atoms with E-state index in [1.165, 1.54) is 5.56 Å². The summed E-state index contributed by atoms with van der Waals surface area (Å²) in [5.74, 6) is 0.797. The number of benzene rings is 1. The molecule has 0 aromatic heterocycles. The third kappa shape index (κ3) is 4.85. The molecule has 0 saturated carbocycles. The molecule has 0 spiro atoms. The smallest absolute Gasteiger partial charge is 0.410 e. The van der Waals surface area contributed by atoms with E-state index in [0.717, 1.165) is 23.3 Å². The lowest BCUT2D eigenvalue weighted by molar-refractivity contribution is 0.0224. The fourth-order valence-electron chi connectivity index (χ4n) is 2.75. The Bertz CT molecular complexity index is 581. The quantitative estimate of drug-likeness (QED) is 0.806. The summed E-state index contributed by atoms with van der Waals surface area (Å²) in [5, 5.41) is 12.1. The first-order valence-electron chi connectivity index (χ1n) is 8.32. The van der Waals surface area contributed by atoms with Crippen LogP contribution >= 0.6 is 0 Å². The van der Waals surface area contributed by atoms with Crippen molar-refractivity contribution in [2.75, 3.05) is 26.8 Å². The van der Waals surface area contributed by atoms with Gasteiger partial charge in [0.25, 0.3) is 0 Å². The number of hydrogen-bond donors (Lipinski definition) is 2. The third-order valence-corrected chi connectivity index (χ3v) is 3.87. The van der Waals surface area contributed by atoms with Gasteiger partial charge in [-0.2, -0.15) is 0 Å². The van der Waals surface area contributed by atoms with Gasteiger partial charge >= 0.3 is 6.09 Å². The topological polar surface area (TPSA) is 71.0 Å². The second-order valence-electron chi connectivity index (χ2n) is 6.99. The molecule has 6 nitrogen and oxygen atoms in total. The summed E-state index contributed by atoms with van der Waals surface area (Å²) in [5.41, 5.74) is 2.90. The van der Waals surface area contributed by atoms with Gasteiger partial charge in [0.15, 0.2) is 0 Å². The van der Waals surface area contributed by atoms with Gasteiger partial charge in [0.1, 0.15) is 11.4 Å². The maximum absolute atomic E-state index is 12.3. The Kier molecular flexibility index (Phi) is 6.07. The van der Waals surface area contributed by atoms with Gasteiger partial charge < -0.3 is 24.8 Å². The predicted molar refractivity (Wildman–Crippen MR) is 92.1 cm³/mol. The highest BCUT2D eigenvalue weighted by atomic mass is 16.6. The second kappa shape index (κ2) is 7.85. The molecular formula is C18H28N2O4. The Morgan fingerprint density at radius 2 is 2.08 bits per heavy atom. The molecule has 0 atom stereocenters. The summed E-state index contributed by atoms with van der Waals surface area (Å²) in [6, 6.07) is 4.13. The summed E-state index contributed by atoms with van der Waals surface area (Å²) in [7, 11) is 1.64. The van der Waals surface area contributed by atoms with Crippen LogP contribution in [0, 0.1) is 0 Å². The molecule has 0 saturated heterocycles. The molecule has 1 amide bonds. The van der Waals surface area contributed by atoms with Crippen molar-refractivity contribution in [3.05, 3.63) is 28.8 Å². The number of nitrogens with one attached hydrogen (secondary N) is 1. The zero-order valence-electron chi connectivity index (χ0n) is 15.0. The van der Waals surface area contributed by atoms with Crippen LogP contribution in [0.2, 0.25) is 0 Å². The Balaban J connectivity index is 2.12. The highest BCUT2D eigenvalue weighted by Crippen LogP contribution is 2.28. The first-order valence-corrected chi connectivity index (χ1v) is 8.32. The van der Waals surface area contributed by atoms with Gasteiger partial charge in [0.2, 0.25) is 0 Å². The lowest BCUT2D eigenvalue weighted by Crippen LogP contribution is -2.40. The maximum atomic E-state index is 12.3. The van der Waals surface area contributed by atoms with Gasteiger partial charge in [0.05, 0.1) is 13.7 Å². The molecule has 0 unspecified atom stereocenters. The zero-order valence-corrected chi connectivity index (χ0v) is 15.0. The number of carbonyl (C=O) groups is 1. The molecule has 134 valence electrons. The van der Waals surface area contributed by atoms with Crippen LogP contribution in [0.4, 0.5) is 4.79 Å². The van der Waals surface area contributed by atoms with Gasteiger partial charge in [-0.1, -0.05) is 6.07 Å². The average molecular weight is 336 g/mol. The molecule has 0 radical (unpaired) electrons. The highest BCUT2D eigenvalue weighted by Gasteiger charge is 2.26. The monoisotopic (exact) mass is 336 g/mol. The molecule has 1 aromatic rings. The van der Waals surface area contributed by atoms with E-state index in [-0.39, 0.29) is 12.7 Å². The number of nitrogens with zero attached hydrogens (tertiary/aromatic N) is 1. The van der Waals surface area contributed by atoms with Gasteiger partial charge in [0, 0.05) is 31.7 Å². The van der Waals surface area contributed by atoms with Crippen LogP contribution in [0.25, 0.3) is 0 Å². The van der Waals surface area contributed by atoms with E-state index < -0.39 is 5.60 Å². The number of fused-ring (bicyclic) bond motifs is 1. The Morgan fingerprint density at radius 1 is 1.33 bits per heavy atom. The lowest BCUT2D eigenvalue weighted by atomic mass is 9.96. The number of methoxy groups -OCH3 is 1. The number of hydrogen-bond acceptors (Lipinski definition) is 5. The van der Waals surface area contributed by atoms with Crippen molar-refractivity contribution in [2.24, 2.45) is 0 Å². The number of aliphatic hydroxyl groups is 1. The largest absolute Gasteiger partial charge is 0.496 e.